The van der Waals surface area contributed by atoms with Gasteiger partial charge in [0, 0.05) is 42.8 Å². The van der Waals surface area contributed by atoms with Crippen LogP contribution in [0.2, 0.25) is 5.02 Å². The van der Waals surface area contributed by atoms with Gasteiger partial charge >= 0.3 is 0 Å². The third-order valence-corrected chi connectivity index (χ3v) is 13.0. The second-order valence-corrected chi connectivity index (χ2v) is 16.2. The number of amides is 1. The summed E-state index contributed by atoms with van der Waals surface area (Å²) in [5.74, 6) is 0.0306. The van der Waals surface area contributed by atoms with Crippen molar-refractivity contribution in [1.29, 1.82) is 0 Å². The fourth-order valence-electron chi connectivity index (χ4n) is 7.99. The average molecular weight is 687 g/mol. The van der Waals surface area contributed by atoms with Crippen molar-refractivity contribution >= 4 is 33.2 Å². The number of aliphatic hydroxyl groups excluding tert-OH is 1. The van der Waals surface area contributed by atoms with E-state index in [2.05, 4.69) is 21.8 Å². The molecule has 256 valence electrons. The lowest BCUT2D eigenvalue weighted by Crippen LogP contribution is -2.49. The summed E-state index contributed by atoms with van der Waals surface area (Å²) in [4.78, 5) is 16.0. The van der Waals surface area contributed by atoms with E-state index in [0.717, 1.165) is 42.8 Å². The Labute approximate surface area is 283 Å². The van der Waals surface area contributed by atoms with Gasteiger partial charge in [-0.1, -0.05) is 36.7 Å². The van der Waals surface area contributed by atoms with Gasteiger partial charge in [0.1, 0.15) is 5.75 Å². The zero-order valence-corrected chi connectivity index (χ0v) is 28.9. The van der Waals surface area contributed by atoms with Crippen LogP contribution >= 0.6 is 11.6 Å². The second kappa shape index (κ2) is 14.5. The third-order valence-electron chi connectivity index (χ3n) is 10.8. The molecule has 2 aromatic rings. The molecule has 1 spiro atoms. The number of aryl methyl sites for hydroxylation is 1. The number of rotatable bonds is 6. The first kappa shape index (κ1) is 34.2. The number of sulfonamides is 1. The van der Waals surface area contributed by atoms with Gasteiger partial charge in [-0.2, -0.15) is 0 Å². The number of carbonyl (C=O) groups excluding carboxylic acids is 1. The average Bonchev–Trinajstić information content (AvgIpc) is 3.17. The monoisotopic (exact) mass is 686 g/mol. The number of anilines is 1. The third kappa shape index (κ3) is 7.37. The maximum atomic E-state index is 13.8. The van der Waals surface area contributed by atoms with E-state index in [1.165, 1.54) is 11.1 Å². The van der Waals surface area contributed by atoms with Crippen LogP contribution in [0.3, 0.4) is 0 Å². The molecule has 2 N–H and O–H groups in total. The number of halogens is 1. The Hall–Kier alpha value is -2.63. The highest BCUT2D eigenvalue weighted by molar-refractivity contribution is 7.90. The van der Waals surface area contributed by atoms with Crippen LogP contribution in [0.25, 0.3) is 0 Å². The normalized spacial score (nSPS) is 31.0. The molecule has 0 radical (unpaired) electrons. The largest absolute Gasteiger partial charge is 0.490 e. The number of nitrogens with zero attached hydrogens (tertiary/aromatic N) is 1. The summed E-state index contributed by atoms with van der Waals surface area (Å²) in [5, 5.41) is 11.1. The fourth-order valence-corrected chi connectivity index (χ4v) is 9.84. The summed E-state index contributed by atoms with van der Waals surface area (Å²) >= 11 is 6.41. The first-order valence-corrected chi connectivity index (χ1v) is 18.8. The number of ether oxygens (including phenoxy) is 3. The van der Waals surface area contributed by atoms with Crippen molar-refractivity contribution in [3.63, 3.8) is 0 Å². The van der Waals surface area contributed by atoms with Crippen LogP contribution < -0.4 is 14.4 Å². The number of carbonyl (C=O) groups is 1. The first-order valence-electron chi connectivity index (χ1n) is 16.9. The molecule has 1 fully saturated rings. The van der Waals surface area contributed by atoms with Crippen molar-refractivity contribution in [3.05, 3.63) is 70.3 Å². The molecule has 2 aliphatic heterocycles. The molecule has 0 aromatic heterocycles. The van der Waals surface area contributed by atoms with E-state index in [0.29, 0.717) is 45.1 Å². The number of fused-ring (bicyclic) bond motifs is 4. The standard InChI is InChI=1S/C36H47ClN2O7S/c1-24-5-3-7-32(40)29-11-8-27(29)21-39-22-36(15-4-6-25-19-28(37)10-12-30(25)36)23-46-33-13-9-26(20-31(33)39)35(41)38-47(42,43)34(24)14-16-45-18-17-44-2/h3,7,9-10,12-13,19-20,24,27,29,32,34,40H,4-6,8,11,14-18,21-23H2,1-2H3,(H,38,41)/b7-3+/t24-,27-,29+,32-,34-,36-/m0/s1. The summed E-state index contributed by atoms with van der Waals surface area (Å²) in [7, 11) is -2.50. The molecule has 0 unspecified atom stereocenters. The number of aliphatic hydroxyl groups is 1. The van der Waals surface area contributed by atoms with Crippen molar-refractivity contribution < 1.29 is 32.5 Å². The lowest BCUT2D eigenvalue weighted by atomic mass is 9.68. The summed E-state index contributed by atoms with van der Waals surface area (Å²) in [5.41, 5.74) is 3.24. The van der Waals surface area contributed by atoms with Crippen LogP contribution in [0.5, 0.6) is 5.75 Å². The topological polar surface area (TPSA) is 114 Å². The van der Waals surface area contributed by atoms with Gasteiger partial charge in [0.25, 0.3) is 5.91 Å². The second-order valence-electron chi connectivity index (χ2n) is 13.8. The van der Waals surface area contributed by atoms with E-state index in [-0.39, 0.29) is 41.8 Å². The number of hydrogen-bond acceptors (Lipinski definition) is 8. The minimum atomic E-state index is -4.08. The predicted molar refractivity (Wildman–Crippen MR) is 183 cm³/mol. The van der Waals surface area contributed by atoms with Crippen molar-refractivity contribution in [2.24, 2.45) is 17.8 Å². The molecule has 47 heavy (non-hydrogen) atoms. The molecule has 1 saturated carbocycles. The molecule has 2 aliphatic carbocycles. The van der Waals surface area contributed by atoms with Gasteiger partial charge < -0.3 is 24.2 Å². The molecular weight excluding hydrogens is 640 g/mol. The van der Waals surface area contributed by atoms with Gasteiger partial charge in [0.05, 0.1) is 36.9 Å². The lowest BCUT2D eigenvalue weighted by molar-refractivity contribution is 0.0455. The molecule has 2 aromatic carbocycles. The first-order chi connectivity index (χ1) is 22.6. The Morgan fingerprint density at radius 1 is 1.15 bits per heavy atom. The molecule has 2 bridgehead atoms. The van der Waals surface area contributed by atoms with Crippen LogP contribution in [-0.4, -0.2) is 77.4 Å². The van der Waals surface area contributed by atoms with E-state index in [1.807, 2.05) is 25.1 Å². The van der Waals surface area contributed by atoms with Gasteiger partial charge in [0.15, 0.2) is 0 Å². The molecule has 4 aliphatic rings. The van der Waals surface area contributed by atoms with Crippen molar-refractivity contribution in [3.8, 4) is 5.75 Å². The Balaban J connectivity index is 1.35. The highest BCUT2D eigenvalue weighted by Gasteiger charge is 2.44. The fraction of sp³-hybridized carbons (Fsp3) is 0.583. The van der Waals surface area contributed by atoms with Crippen molar-refractivity contribution in [2.45, 2.75) is 68.6 Å². The molecule has 6 atom stereocenters. The molecule has 6 rings (SSSR count). The minimum absolute atomic E-state index is 0.0932. The lowest BCUT2D eigenvalue weighted by Gasteiger charge is -2.45. The van der Waals surface area contributed by atoms with Gasteiger partial charge in [-0.3, -0.25) is 4.79 Å². The Bertz CT molecular complexity index is 1580. The van der Waals surface area contributed by atoms with E-state index in [4.69, 9.17) is 25.8 Å². The minimum Gasteiger partial charge on any atom is -0.490 e. The molecule has 0 saturated heterocycles. The quantitative estimate of drug-likeness (QED) is 0.312. The van der Waals surface area contributed by atoms with Crippen LogP contribution in [-0.2, 0) is 31.3 Å². The van der Waals surface area contributed by atoms with Gasteiger partial charge in [-0.15, -0.1) is 0 Å². The van der Waals surface area contributed by atoms with Crippen LogP contribution in [0.4, 0.5) is 5.69 Å². The van der Waals surface area contributed by atoms with Crippen LogP contribution in [0.1, 0.15) is 66.9 Å². The zero-order valence-electron chi connectivity index (χ0n) is 27.3. The number of hydrogen-bond donors (Lipinski definition) is 2. The SMILES string of the molecule is COCCOCC[C@H]1[C@@H](C)C/C=C/[C@H](O)[C@@H]2CC[C@H]2CN2C[C@@]3(CCCc4cc(Cl)ccc43)COc3ccc(cc32)C(=O)NS1(=O)=O. The number of benzene rings is 2. The maximum absolute atomic E-state index is 13.8. The number of nitrogens with one attached hydrogen (secondary N) is 1. The predicted octanol–water partition coefficient (Wildman–Crippen LogP) is 5.28. The van der Waals surface area contributed by atoms with E-state index in [1.54, 1.807) is 25.3 Å². The van der Waals surface area contributed by atoms with Crippen molar-refractivity contribution in [1.82, 2.24) is 4.72 Å². The molecule has 2 heterocycles. The summed E-state index contributed by atoms with van der Waals surface area (Å²) in [6.45, 7) is 4.69. The Morgan fingerprint density at radius 2 is 2.00 bits per heavy atom. The van der Waals surface area contributed by atoms with Crippen molar-refractivity contribution in [2.75, 3.05) is 51.5 Å². The van der Waals surface area contributed by atoms with E-state index in [9.17, 15) is 18.3 Å². The Morgan fingerprint density at radius 3 is 2.79 bits per heavy atom. The maximum Gasteiger partial charge on any atom is 0.264 e. The van der Waals surface area contributed by atoms with Gasteiger partial charge in [-0.05, 0) is 104 Å². The molecule has 9 nitrogen and oxygen atoms in total. The number of methoxy groups -OCH3 is 1. The summed E-state index contributed by atoms with van der Waals surface area (Å²) in [6, 6.07) is 11.4. The highest BCUT2D eigenvalue weighted by Crippen LogP contribution is 2.46. The van der Waals surface area contributed by atoms with Crippen LogP contribution in [0.15, 0.2) is 48.6 Å². The van der Waals surface area contributed by atoms with Crippen LogP contribution in [0, 0.1) is 17.8 Å². The molecule has 11 heteroatoms. The molecular formula is C36H47ClN2O7S. The summed E-state index contributed by atoms with van der Waals surface area (Å²) in [6.07, 6.45) is 8.62. The highest BCUT2D eigenvalue weighted by atomic mass is 35.5. The molecule has 1 amide bonds. The van der Waals surface area contributed by atoms with E-state index < -0.39 is 27.3 Å². The smallest absolute Gasteiger partial charge is 0.264 e. The summed E-state index contributed by atoms with van der Waals surface area (Å²) < 4.78 is 47.1. The Kier molecular flexibility index (Phi) is 10.5. The number of allylic oxidation sites excluding steroid dienone is 1. The zero-order chi connectivity index (χ0) is 33.2. The van der Waals surface area contributed by atoms with Gasteiger partial charge in [0.2, 0.25) is 10.0 Å². The van der Waals surface area contributed by atoms with E-state index >= 15 is 0 Å². The van der Waals surface area contributed by atoms with Gasteiger partial charge in [-0.25, -0.2) is 13.1 Å².